The average molecular weight is 366 g/mol. The van der Waals surface area contributed by atoms with Crippen LogP contribution in [0.4, 0.5) is 0 Å². The molecule has 1 aromatic carbocycles. The SMILES string of the molecule is Cc1cnc(-c2ccccc2)n1CC1CCCN(C(=O)CC2CCCC2)C1. The van der Waals surface area contributed by atoms with E-state index in [1.165, 1.54) is 37.8 Å². The van der Waals surface area contributed by atoms with Gasteiger partial charge in [-0.1, -0.05) is 43.2 Å². The van der Waals surface area contributed by atoms with E-state index < -0.39 is 0 Å². The molecule has 1 saturated carbocycles. The first kappa shape index (κ1) is 18.3. The molecule has 2 fully saturated rings. The summed E-state index contributed by atoms with van der Waals surface area (Å²) in [6.07, 6.45) is 10.2. The van der Waals surface area contributed by atoms with E-state index in [-0.39, 0.29) is 0 Å². The molecule has 1 amide bonds. The van der Waals surface area contributed by atoms with E-state index in [0.29, 0.717) is 17.7 Å². The first-order chi connectivity index (χ1) is 13.2. The van der Waals surface area contributed by atoms with Crippen LogP contribution < -0.4 is 0 Å². The van der Waals surface area contributed by atoms with Gasteiger partial charge in [-0.3, -0.25) is 4.79 Å². The summed E-state index contributed by atoms with van der Waals surface area (Å²) in [5.74, 6) is 2.58. The van der Waals surface area contributed by atoms with Crippen molar-refractivity contribution in [1.82, 2.24) is 14.5 Å². The maximum Gasteiger partial charge on any atom is 0.222 e. The number of aromatic nitrogens is 2. The van der Waals surface area contributed by atoms with Gasteiger partial charge in [0.15, 0.2) is 0 Å². The second-order valence-electron chi connectivity index (χ2n) is 8.40. The molecule has 1 aliphatic carbocycles. The number of amides is 1. The summed E-state index contributed by atoms with van der Waals surface area (Å²) in [4.78, 5) is 19.6. The molecule has 2 heterocycles. The lowest BCUT2D eigenvalue weighted by molar-refractivity contribution is -0.134. The Morgan fingerprint density at radius 2 is 1.81 bits per heavy atom. The summed E-state index contributed by atoms with van der Waals surface area (Å²) in [6.45, 7) is 4.92. The maximum absolute atomic E-state index is 12.8. The molecule has 2 aromatic rings. The fourth-order valence-electron chi connectivity index (χ4n) is 4.80. The topological polar surface area (TPSA) is 38.1 Å². The lowest BCUT2D eigenvalue weighted by atomic mass is 9.96. The third-order valence-electron chi connectivity index (χ3n) is 6.34. The minimum Gasteiger partial charge on any atom is -0.342 e. The van der Waals surface area contributed by atoms with Gasteiger partial charge in [0.05, 0.1) is 0 Å². The Bertz CT molecular complexity index is 761. The second kappa shape index (κ2) is 8.28. The number of rotatable bonds is 5. The number of nitrogens with zero attached hydrogens (tertiary/aromatic N) is 3. The normalized spacial score (nSPS) is 20.9. The van der Waals surface area contributed by atoms with Crippen LogP contribution in [0.5, 0.6) is 0 Å². The van der Waals surface area contributed by atoms with Crippen LogP contribution >= 0.6 is 0 Å². The zero-order valence-corrected chi connectivity index (χ0v) is 16.4. The Hall–Kier alpha value is -2.10. The summed E-state index contributed by atoms with van der Waals surface area (Å²) in [6, 6.07) is 10.4. The van der Waals surface area contributed by atoms with Crippen molar-refractivity contribution in [2.24, 2.45) is 11.8 Å². The lowest BCUT2D eigenvalue weighted by Crippen LogP contribution is -2.41. The first-order valence-corrected chi connectivity index (χ1v) is 10.6. The Kier molecular flexibility index (Phi) is 5.61. The van der Waals surface area contributed by atoms with Crippen LogP contribution in [0.25, 0.3) is 11.4 Å². The number of carbonyl (C=O) groups excluding carboxylic acids is 1. The molecular formula is C23H31N3O. The Morgan fingerprint density at radius 3 is 2.59 bits per heavy atom. The van der Waals surface area contributed by atoms with Gasteiger partial charge in [-0.05, 0) is 44.4 Å². The molecule has 0 bridgehead atoms. The van der Waals surface area contributed by atoms with Crippen molar-refractivity contribution in [2.75, 3.05) is 13.1 Å². The Balaban J connectivity index is 1.42. The number of carbonyl (C=O) groups is 1. The van der Waals surface area contributed by atoms with Gasteiger partial charge in [-0.15, -0.1) is 0 Å². The molecule has 0 radical (unpaired) electrons. The monoisotopic (exact) mass is 365 g/mol. The molecule has 1 saturated heterocycles. The van der Waals surface area contributed by atoms with Crippen LogP contribution in [-0.4, -0.2) is 33.4 Å². The molecule has 1 aromatic heterocycles. The highest BCUT2D eigenvalue weighted by molar-refractivity contribution is 5.76. The summed E-state index contributed by atoms with van der Waals surface area (Å²) in [7, 11) is 0. The van der Waals surface area contributed by atoms with E-state index in [0.717, 1.165) is 43.9 Å². The van der Waals surface area contributed by atoms with E-state index >= 15 is 0 Å². The smallest absolute Gasteiger partial charge is 0.222 e. The van der Waals surface area contributed by atoms with Crippen molar-refractivity contribution >= 4 is 5.91 Å². The molecule has 1 atom stereocenters. The summed E-state index contributed by atoms with van der Waals surface area (Å²) >= 11 is 0. The number of benzene rings is 1. The van der Waals surface area contributed by atoms with Crippen LogP contribution in [0.15, 0.2) is 36.5 Å². The van der Waals surface area contributed by atoms with E-state index in [1.54, 1.807) is 0 Å². The molecule has 144 valence electrons. The lowest BCUT2D eigenvalue weighted by Gasteiger charge is -2.34. The highest BCUT2D eigenvalue weighted by Gasteiger charge is 2.27. The number of hydrogen-bond donors (Lipinski definition) is 0. The molecule has 0 N–H and O–H groups in total. The van der Waals surface area contributed by atoms with Crippen molar-refractivity contribution < 1.29 is 4.79 Å². The zero-order chi connectivity index (χ0) is 18.6. The number of piperidine rings is 1. The van der Waals surface area contributed by atoms with Crippen LogP contribution in [0.2, 0.25) is 0 Å². The largest absolute Gasteiger partial charge is 0.342 e. The maximum atomic E-state index is 12.8. The Labute approximate surface area is 162 Å². The van der Waals surface area contributed by atoms with Crippen LogP contribution in [0.1, 0.15) is 50.6 Å². The molecule has 4 rings (SSSR count). The highest BCUT2D eigenvalue weighted by atomic mass is 16.2. The fourth-order valence-corrected chi connectivity index (χ4v) is 4.80. The first-order valence-electron chi connectivity index (χ1n) is 10.6. The number of imidazole rings is 1. The van der Waals surface area contributed by atoms with Crippen LogP contribution in [-0.2, 0) is 11.3 Å². The molecule has 4 heteroatoms. The van der Waals surface area contributed by atoms with Crippen molar-refractivity contribution in [1.29, 1.82) is 0 Å². The van der Waals surface area contributed by atoms with Gasteiger partial charge in [-0.25, -0.2) is 4.98 Å². The van der Waals surface area contributed by atoms with Gasteiger partial charge < -0.3 is 9.47 Å². The number of hydrogen-bond acceptors (Lipinski definition) is 2. The van der Waals surface area contributed by atoms with Crippen molar-refractivity contribution in [3.63, 3.8) is 0 Å². The summed E-state index contributed by atoms with van der Waals surface area (Å²) < 4.78 is 2.34. The van der Waals surface area contributed by atoms with Gasteiger partial charge in [0.1, 0.15) is 5.82 Å². The fraction of sp³-hybridized carbons (Fsp3) is 0.565. The van der Waals surface area contributed by atoms with Crippen molar-refractivity contribution in [3.05, 3.63) is 42.2 Å². The van der Waals surface area contributed by atoms with Gasteiger partial charge in [-0.2, -0.15) is 0 Å². The molecule has 1 aliphatic heterocycles. The highest BCUT2D eigenvalue weighted by Crippen LogP contribution is 2.29. The van der Waals surface area contributed by atoms with Gasteiger partial charge in [0.25, 0.3) is 0 Å². The van der Waals surface area contributed by atoms with Gasteiger partial charge in [0.2, 0.25) is 5.91 Å². The second-order valence-corrected chi connectivity index (χ2v) is 8.40. The minimum atomic E-state index is 0.386. The molecule has 0 spiro atoms. The standard InChI is InChI=1S/C23H31N3O/c1-18-15-24-23(21-11-3-2-4-12-21)26(18)17-20-10-7-13-25(16-20)22(27)14-19-8-5-6-9-19/h2-4,11-12,15,19-20H,5-10,13-14,16-17H2,1H3. The third kappa shape index (κ3) is 4.26. The summed E-state index contributed by atoms with van der Waals surface area (Å²) in [5.41, 5.74) is 2.36. The minimum absolute atomic E-state index is 0.386. The summed E-state index contributed by atoms with van der Waals surface area (Å²) in [5, 5.41) is 0. The molecular weight excluding hydrogens is 334 g/mol. The van der Waals surface area contributed by atoms with Crippen molar-refractivity contribution in [3.8, 4) is 11.4 Å². The van der Waals surface area contributed by atoms with Crippen LogP contribution in [0.3, 0.4) is 0 Å². The zero-order valence-electron chi connectivity index (χ0n) is 16.4. The van der Waals surface area contributed by atoms with Gasteiger partial charge in [0, 0.05) is 43.5 Å². The molecule has 4 nitrogen and oxygen atoms in total. The van der Waals surface area contributed by atoms with E-state index in [9.17, 15) is 4.79 Å². The van der Waals surface area contributed by atoms with Gasteiger partial charge >= 0.3 is 0 Å². The van der Waals surface area contributed by atoms with E-state index in [4.69, 9.17) is 0 Å². The van der Waals surface area contributed by atoms with Crippen molar-refractivity contribution in [2.45, 2.75) is 58.4 Å². The number of aryl methyl sites for hydroxylation is 1. The molecule has 27 heavy (non-hydrogen) atoms. The Morgan fingerprint density at radius 1 is 1.07 bits per heavy atom. The van der Waals surface area contributed by atoms with Crippen LogP contribution in [0, 0.1) is 18.8 Å². The molecule has 1 unspecified atom stereocenters. The predicted molar refractivity (Wildman–Crippen MR) is 108 cm³/mol. The average Bonchev–Trinajstić information content (AvgIpc) is 3.33. The number of likely N-dealkylation sites (tertiary alicyclic amines) is 1. The van der Waals surface area contributed by atoms with E-state index in [1.807, 2.05) is 12.3 Å². The quantitative estimate of drug-likeness (QED) is 0.772. The predicted octanol–water partition coefficient (Wildman–Crippen LogP) is 4.68. The van der Waals surface area contributed by atoms with E-state index in [2.05, 4.69) is 45.6 Å². The molecule has 2 aliphatic rings. The third-order valence-corrected chi connectivity index (χ3v) is 6.34.